The van der Waals surface area contributed by atoms with Crippen LogP contribution in [0.5, 0.6) is 11.5 Å². The third kappa shape index (κ3) is 4.90. The Hall–Kier alpha value is -3.42. The minimum atomic E-state index is -2.77. The third-order valence-corrected chi connectivity index (χ3v) is 12.9. The van der Waals surface area contributed by atoms with Gasteiger partial charge in [0, 0.05) is 6.42 Å². The van der Waals surface area contributed by atoms with Gasteiger partial charge >= 0.3 is 5.97 Å². The number of hydrogen-bond donors (Lipinski definition) is 0. The fourth-order valence-corrected chi connectivity index (χ4v) is 10.6. The second-order valence-corrected chi connectivity index (χ2v) is 16.0. The minimum Gasteiger partial charge on any atom is -0.496 e. The Morgan fingerprint density at radius 3 is 2.10 bits per heavy atom. The Labute approximate surface area is 231 Å². The van der Waals surface area contributed by atoms with Gasteiger partial charge in [-0.25, -0.2) is 0 Å². The predicted molar refractivity (Wildman–Crippen MR) is 152 cm³/mol. The first-order chi connectivity index (χ1) is 18.6. The van der Waals surface area contributed by atoms with Crippen LogP contribution in [-0.4, -0.2) is 38.9 Å². The van der Waals surface area contributed by atoms with E-state index >= 15 is 0 Å². The lowest BCUT2D eigenvalue weighted by molar-refractivity contribution is -0.149. The summed E-state index contributed by atoms with van der Waals surface area (Å²) in [6.45, 7) is 8.87. The molecule has 0 aliphatic carbocycles. The topological polar surface area (TPSA) is 71.1 Å². The van der Waals surface area contributed by atoms with E-state index in [1.54, 1.807) is 7.11 Å². The number of esters is 1. The van der Waals surface area contributed by atoms with Crippen LogP contribution in [0.3, 0.4) is 0 Å². The number of cyclic esters (lactones) is 1. The number of methoxy groups -OCH3 is 1. The van der Waals surface area contributed by atoms with E-state index in [1.165, 1.54) is 10.4 Å². The number of Topliss-reactive ketones (excluding diaryl/α,β-unsaturated/α-hetero) is 1. The molecule has 0 bridgehead atoms. The number of carbonyl (C=O) groups excluding carboxylic acids is 2. The van der Waals surface area contributed by atoms with E-state index in [9.17, 15) is 9.59 Å². The molecule has 204 valence electrons. The van der Waals surface area contributed by atoms with Crippen LogP contribution >= 0.6 is 0 Å². The molecular weight excluding hydrogens is 508 g/mol. The Morgan fingerprint density at radius 2 is 1.59 bits per heavy atom. The first kappa shape index (κ1) is 27.2. The fourth-order valence-electron chi connectivity index (χ4n) is 6.03. The summed E-state index contributed by atoms with van der Waals surface area (Å²) in [4.78, 5) is 25.1. The van der Waals surface area contributed by atoms with Crippen molar-refractivity contribution in [3.63, 3.8) is 0 Å². The van der Waals surface area contributed by atoms with Gasteiger partial charge in [-0.3, -0.25) is 9.59 Å². The second-order valence-electron chi connectivity index (χ2n) is 11.7. The van der Waals surface area contributed by atoms with Gasteiger partial charge < -0.3 is 18.6 Å². The quantitative estimate of drug-likeness (QED) is 0.301. The molecular formula is C32H36O6Si. The van der Waals surface area contributed by atoms with Gasteiger partial charge in [-0.1, -0.05) is 81.4 Å². The third-order valence-electron chi connectivity index (χ3n) is 7.92. The molecule has 3 aromatic carbocycles. The van der Waals surface area contributed by atoms with E-state index in [1.807, 2.05) is 31.2 Å². The largest absolute Gasteiger partial charge is 0.496 e. The van der Waals surface area contributed by atoms with Crippen molar-refractivity contribution in [2.24, 2.45) is 0 Å². The van der Waals surface area contributed by atoms with E-state index in [0.29, 0.717) is 36.5 Å². The van der Waals surface area contributed by atoms with Gasteiger partial charge in [0.05, 0.1) is 20.1 Å². The highest BCUT2D eigenvalue weighted by molar-refractivity contribution is 6.99. The van der Waals surface area contributed by atoms with Gasteiger partial charge in [0.25, 0.3) is 8.32 Å². The van der Waals surface area contributed by atoms with Crippen molar-refractivity contribution < 1.29 is 28.2 Å². The lowest BCUT2D eigenvalue weighted by Crippen LogP contribution is -2.66. The molecule has 39 heavy (non-hydrogen) atoms. The van der Waals surface area contributed by atoms with Crippen LogP contribution in [0.25, 0.3) is 0 Å². The molecule has 1 saturated heterocycles. The van der Waals surface area contributed by atoms with Crippen LogP contribution in [0.15, 0.2) is 72.8 Å². The van der Waals surface area contributed by atoms with Gasteiger partial charge in [-0.15, -0.1) is 0 Å². The van der Waals surface area contributed by atoms with Gasteiger partial charge in [0.2, 0.25) is 0 Å². The Kier molecular flexibility index (Phi) is 7.16. The zero-order valence-corrected chi connectivity index (χ0v) is 24.3. The highest BCUT2D eigenvalue weighted by Gasteiger charge is 2.51. The van der Waals surface area contributed by atoms with Crippen molar-refractivity contribution >= 4 is 30.4 Å². The highest BCUT2D eigenvalue weighted by atomic mass is 28.4. The first-order valence-electron chi connectivity index (χ1n) is 13.4. The van der Waals surface area contributed by atoms with Crippen LogP contribution < -0.4 is 19.8 Å². The molecule has 0 spiro atoms. The molecule has 0 aromatic heterocycles. The molecule has 2 heterocycles. The SMILES string of the molecule is COc1cc(CO[Si](c2ccccc2)(c2ccccc2)C(C)(C)C)cc2c1C(=O)C[C@](C)([C@@H]1CCC(=O)O1)O2. The number of ketones is 1. The summed E-state index contributed by atoms with van der Waals surface area (Å²) < 4.78 is 24.7. The zero-order chi connectivity index (χ0) is 27.8. The molecule has 0 N–H and O–H groups in total. The first-order valence-corrected chi connectivity index (χ1v) is 15.4. The Balaban J connectivity index is 1.54. The molecule has 1 fully saturated rings. The van der Waals surface area contributed by atoms with Gasteiger partial charge in [-0.2, -0.15) is 0 Å². The van der Waals surface area contributed by atoms with Gasteiger partial charge in [0.15, 0.2) is 11.4 Å². The van der Waals surface area contributed by atoms with Crippen molar-refractivity contribution in [2.75, 3.05) is 7.11 Å². The molecule has 3 aromatic rings. The maximum Gasteiger partial charge on any atom is 0.306 e. The molecule has 0 saturated carbocycles. The molecule has 6 nitrogen and oxygen atoms in total. The number of hydrogen-bond acceptors (Lipinski definition) is 6. The van der Waals surface area contributed by atoms with Crippen molar-refractivity contribution in [1.29, 1.82) is 0 Å². The number of rotatable bonds is 7. The van der Waals surface area contributed by atoms with Crippen molar-refractivity contribution in [1.82, 2.24) is 0 Å². The lowest BCUT2D eigenvalue weighted by Gasteiger charge is -2.43. The van der Waals surface area contributed by atoms with Crippen molar-refractivity contribution in [3.8, 4) is 11.5 Å². The normalized spacial score (nSPS) is 21.2. The van der Waals surface area contributed by atoms with Crippen LogP contribution in [0, 0.1) is 0 Å². The van der Waals surface area contributed by atoms with Crippen LogP contribution in [0.1, 0.15) is 62.9 Å². The maximum absolute atomic E-state index is 13.3. The van der Waals surface area contributed by atoms with E-state index in [0.717, 1.165) is 5.56 Å². The number of fused-ring (bicyclic) bond motifs is 1. The number of benzene rings is 3. The van der Waals surface area contributed by atoms with E-state index in [4.69, 9.17) is 18.6 Å². The lowest BCUT2D eigenvalue weighted by atomic mass is 9.85. The summed E-state index contributed by atoms with van der Waals surface area (Å²) in [7, 11) is -1.21. The number of carbonyl (C=O) groups is 2. The average molecular weight is 545 g/mol. The monoisotopic (exact) mass is 544 g/mol. The van der Waals surface area contributed by atoms with Crippen LogP contribution in [-0.2, 0) is 20.6 Å². The number of ether oxygens (including phenoxy) is 3. The average Bonchev–Trinajstić information content (AvgIpc) is 3.36. The maximum atomic E-state index is 13.3. The summed E-state index contributed by atoms with van der Waals surface area (Å²) in [5.74, 6) is 0.562. The smallest absolute Gasteiger partial charge is 0.306 e. The summed E-state index contributed by atoms with van der Waals surface area (Å²) in [6.07, 6.45) is 0.517. The van der Waals surface area contributed by atoms with E-state index in [-0.39, 0.29) is 23.2 Å². The molecule has 7 heteroatoms. The summed E-state index contributed by atoms with van der Waals surface area (Å²) >= 11 is 0. The van der Waals surface area contributed by atoms with E-state index in [2.05, 4.69) is 69.3 Å². The highest BCUT2D eigenvalue weighted by Crippen LogP contribution is 2.44. The standard InChI is InChI=1S/C32H36O6Si/c1-31(2,3)39(23-12-8-6-9-13-23,24-14-10-7-11-15-24)36-21-22-18-26(35-5)30-25(33)20-32(4,38-27(30)19-22)28-16-17-29(34)37-28/h6-15,18-19,28H,16-17,20-21H2,1-5H3/t28-,32+/m0/s1. The molecule has 2 atom stereocenters. The zero-order valence-electron chi connectivity index (χ0n) is 23.3. The second kappa shape index (κ2) is 10.3. The van der Waals surface area contributed by atoms with Gasteiger partial charge in [0.1, 0.15) is 23.2 Å². The minimum absolute atomic E-state index is 0.0852. The summed E-state index contributed by atoms with van der Waals surface area (Å²) in [6, 6.07) is 24.7. The van der Waals surface area contributed by atoms with Crippen LogP contribution in [0.2, 0.25) is 5.04 Å². The molecule has 0 radical (unpaired) electrons. The van der Waals surface area contributed by atoms with Crippen molar-refractivity contribution in [2.45, 2.75) is 70.3 Å². The van der Waals surface area contributed by atoms with Crippen molar-refractivity contribution in [3.05, 3.63) is 83.9 Å². The Morgan fingerprint density at radius 1 is 0.974 bits per heavy atom. The van der Waals surface area contributed by atoms with Crippen LogP contribution in [0.4, 0.5) is 0 Å². The predicted octanol–water partition coefficient (Wildman–Crippen LogP) is 5.20. The van der Waals surface area contributed by atoms with Gasteiger partial charge in [-0.05, 0) is 46.5 Å². The molecule has 2 aliphatic heterocycles. The molecule has 0 unspecified atom stereocenters. The molecule has 2 aliphatic rings. The summed E-state index contributed by atoms with van der Waals surface area (Å²) in [5.41, 5.74) is 0.339. The fraction of sp³-hybridized carbons (Fsp3) is 0.375. The van der Waals surface area contributed by atoms with E-state index < -0.39 is 20.0 Å². The Bertz CT molecular complexity index is 1330. The molecule has 5 rings (SSSR count). The summed E-state index contributed by atoms with van der Waals surface area (Å²) in [5, 5.41) is 2.21. The molecule has 0 amide bonds.